The molecule has 1 unspecified atom stereocenters. The van der Waals surface area contributed by atoms with Gasteiger partial charge in [0.05, 0.1) is 18.0 Å². The van der Waals surface area contributed by atoms with E-state index >= 15 is 0 Å². The Morgan fingerprint density at radius 3 is 2.78 bits per heavy atom. The normalized spacial score (nSPS) is 12.2. The number of carboxylic acids is 1. The van der Waals surface area contributed by atoms with Gasteiger partial charge in [-0.2, -0.15) is 0 Å². The average molecular weight is 274 g/mol. The van der Waals surface area contributed by atoms with Gasteiger partial charge < -0.3 is 10.4 Å². The summed E-state index contributed by atoms with van der Waals surface area (Å²) in [5.74, 6) is -2.06. The van der Waals surface area contributed by atoms with Gasteiger partial charge in [0.2, 0.25) is 0 Å². The molecule has 0 aliphatic carbocycles. The molecule has 0 aliphatic heterocycles. The number of carboxylic acid groups (broad SMARTS) is 1. The van der Waals surface area contributed by atoms with Crippen LogP contribution in [0.25, 0.3) is 0 Å². The zero-order chi connectivity index (χ0) is 13.7. The molecule has 1 aromatic carbocycles. The number of carbonyl (C=O) groups is 2. The highest BCUT2D eigenvalue weighted by Gasteiger charge is 2.18. The molecule has 4 nitrogen and oxygen atoms in total. The summed E-state index contributed by atoms with van der Waals surface area (Å²) in [5.41, 5.74) is -0.0992. The maximum absolute atomic E-state index is 13.4. The van der Waals surface area contributed by atoms with Crippen molar-refractivity contribution in [1.82, 2.24) is 5.32 Å². The molecule has 2 N–H and O–H groups in total. The van der Waals surface area contributed by atoms with E-state index in [2.05, 4.69) is 5.32 Å². The van der Waals surface area contributed by atoms with Crippen LogP contribution in [0.3, 0.4) is 0 Å². The highest BCUT2D eigenvalue weighted by Crippen LogP contribution is 2.16. The number of hydrogen-bond acceptors (Lipinski definition) is 3. The third kappa shape index (κ3) is 4.09. The Bertz CT molecular complexity index is 465. The fourth-order valence-electron chi connectivity index (χ4n) is 1.41. The molecule has 0 spiro atoms. The van der Waals surface area contributed by atoms with Crippen molar-refractivity contribution in [2.24, 2.45) is 0 Å². The molecular formula is C12H13ClFNO3. The summed E-state index contributed by atoms with van der Waals surface area (Å²) in [6, 6.07) is 3.07. The first-order valence-electron chi connectivity index (χ1n) is 5.36. The summed E-state index contributed by atoms with van der Waals surface area (Å²) < 4.78 is 13.4. The van der Waals surface area contributed by atoms with Crippen LogP contribution in [0.1, 0.15) is 23.7 Å². The smallest absolute Gasteiger partial charge is 0.304 e. The molecule has 1 rings (SSSR count). The van der Waals surface area contributed by atoms with E-state index in [-0.39, 0.29) is 23.6 Å². The molecule has 6 heteroatoms. The van der Waals surface area contributed by atoms with Crippen LogP contribution >= 0.6 is 11.6 Å². The Balaban J connectivity index is 2.68. The van der Waals surface area contributed by atoms with Crippen LogP contribution in [0, 0.1) is 5.82 Å². The Hall–Kier alpha value is -1.46. The topological polar surface area (TPSA) is 66.4 Å². The molecule has 0 bridgehead atoms. The van der Waals surface area contributed by atoms with Gasteiger partial charge in [0.15, 0.2) is 5.78 Å². The number of carbonyl (C=O) groups excluding carboxylic acids is 1. The number of rotatable bonds is 6. The van der Waals surface area contributed by atoms with E-state index in [0.29, 0.717) is 0 Å². The van der Waals surface area contributed by atoms with E-state index in [9.17, 15) is 14.0 Å². The van der Waals surface area contributed by atoms with Crippen LogP contribution in [-0.4, -0.2) is 29.4 Å². The number of halogens is 2. The van der Waals surface area contributed by atoms with E-state index in [1.807, 2.05) is 0 Å². The highest BCUT2D eigenvalue weighted by atomic mass is 35.5. The van der Waals surface area contributed by atoms with E-state index in [0.717, 1.165) is 6.07 Å². The Morgan fingerprint density at radius 2 is 2.17 bits per heavy atom. The van der Waals surface area contributed by atoms with Crippen molar-refractivity contribution >= 4 is 23.4 Å². The summed E-state index contributed by atoms with van der Waals surface area (Å²) >= 11 is 5.69. The van der Waals surface area contributed by atoms with Crippen molar-refractivity contribution in [3.8, 4) is 0 Å². The van der Waals surface area contributed by atoms with Crippen molar-refractivity contribution in [3.63, 3.8) is 0 Å². The first-order valence-corrected chi connectivity index (χ1v) is 5.74. The summed E-state index contributed by atoms with van der Waals surface area (Å²) in [6.45, 7) is 1.69. The molecular weight excluding hydrogens is 261 g/mol. The Labute approximate surface area is 109 Å². The number of benzene rings is 1. The predicted molar refractivity (Wildman–Crippen MR) is 65.5 cm³/mol. The summed E-state index contributed by atoms with van der Waals surface area (Å²) in [7, 11) is 0. The lowest BCUT2D eigenvalue weighted by molar-refractivity contribution is -0.136. The lowest BCUT2D eigenvalue weighted by Gasteiger charge is -2.12. The summed E-state index contributed by atoms with van der Waals surface area (Å²) in [4.78, 5) is 22.2. The monoisotopic (exact) mass is 273 g/mol. The Kier molecular flexibility index (Phi) is 5.25. The molecule has 1 aromatic rings. The van der Waals surface area contributed by atoms with Crippen LogP contribution in [0.15, 0.2) is 18.2 Å². The molecule has 0 aliphatic rings. The summed E-state index contributed by atoms with van der Waals surface area (Å²) in [5, 5.41) is 11.5. The van der Waals surface area contributed by atoms with Gasteiger partial charge in [-0.15, -0.1) is 0 Å². The number of aliphatic carboxylic acids is 1. The zero-order valence-corrected chi connectivity index (χ0v) is 10.5. The first kappa shape index (κ1) is 14.6. The second-order valence-electron chi connectivity index (χ2n) is 3.81. The van der Waals surface area contributed by atoms with Crippen molar-refractivity contribution < 1.29 is 19.1 Å². The number of ketones is 1. The minimum atomic E-state index is -0.962. The van der Waals surface area contributed by atoms with Crippen LogP contribution in [0.2, 0.25) is 5.02 Å². The standard InChI is InChI=1S/C12H13ClFNO3/c1-7(15-5-4-11(16)17)12(18)9-6-8(13)2-3-10(9)14/h2-3,6-7,15H,4-5H2,1H3,(H,16,17). The molecule has 18 heavy (non-hydrogen) atoms. The quantitative estimate of drug-likeness (QED) is 0.779. The first-order chi connectivity index (χ1) is 8.41. The molecule has 0 heterocycles. The van der Waals surface area contributed by atoms with Crippen molar-refractivity contribution in [1.29, 1.82) is 0 Å². The van der Waals surface area contributed by atoms with Gasteiger partial charge in [-0.1, -0.05) is 11.6 Å². The summed E-state index contributed by atoms with van der Waals surface area (Å²) in [6.07, 6.45) is -0.102. The molecule has 1 atom stereocenters. The SMILES string of the molecule is CC(NCCC(=O)O)C(=O)c1cc(Cl)ccc1F. The fraction of sp³-hybridized carbons (Fsp3) is 0.333. The van der Waals surface area contributed by atoms with Crippen molar-refractivity contribution in [2.45, 2.75) is 19.4 Å². The minimum absolute atomic E-state index is 0.0992. The van der Waals surface area contributed by atoms with Gasteiger partial charge in [-0.3, -0.25) is 9.59 Å². The maximum atomic E-state index is 13.4. The fourth-order valence-corrected chi connectivity index (χ4v) is 1.58. The minimum Gasteiger partial charge on any atom is -0.481 e. The second-order valence-corrected chi connectivity index (χ2v) is 4.24. The predicted octanol–water partition coefficient (Wildman–Crippen LogP) is 2.11. The second kappa shape index (κ2) is 6.47. The van der Waals surface area contributed by atoms with Crippen LogP contribution < -0.4 is 5.32 Å². The van der Waals surface area contributed by atoms with E-state index in [4.69, 9.17) is 16.7 Å². The lowest BCUT2D eigenvalue weighted by atomic mass is 10.0. The van der Waals surface area contributed by atoms with Crippen LogP contribution in [-0.2, 0) is 4.79 Å². The maximum Gasteiger partial charge on any atom is 0.304 e. The third-order valence-corrected chi connectivity index (χ3v) is 2.61. The highest BCUT2D eigenvalue weighted by molar-refractivity contribution is 6.31. The van der Waals surface area contributed by atoms with Crippen LogP contribution in [0.4, 0.5) is 4.39 Å². The molecule has 0 saturated heterocycles. The molecule has 0 radical (unpaired) electrons. The zero-order valence-electron chi connectivity index (χ0n) is 9.74. The molecule has 98 valence electrons. The number of hydrogen-bond donors (Lipinski definition) is 2. The van der Waals surface area contributed by atoms with Gasteiger partial charge in [-0.05, 0) is 25.1 Å². The van der Waals surface area contributed by atoms with Gasteiger partial charge >= 0.3 is 5.97 Å². The lowest BCUT2D eigenvalue weighted by Crippen LogP contribution is -2.35. The van der Waals surface area contributed by atoms with Crippen molar-refractivity contribution in [3.05, 3.63) is 34.6 Å². The van der Waals surface area contributed by atoms with Gasteiger partial charge in [0.25, 0.3) is 0 Å². The molecule has 0 aromatic heterocycles. The van der Waals surface area contributed by atoms with Gasteiger partial charge in [0, 0.05) is 11.6 Å². The average Bonchev–Trinajstić information content (AvgIpc) is 2.30. The molecule has 0 saturated carbocycles. The van der Waals surface area contributed by atoms with Gasteiger partial charge in [-0.25, -0.2) is 4.39 Å². The molecule has 0 fully saturated rings. The van der Waals surface area contributed by atoms with Gasteiger partial charge in [0.1, 0.15) is 5.82 Å². The third-order valence-electron chi connectivity index (χ3n) is 2.38. The number of Topliss-reactive ketones (excluding diaryl/α,β-unsaturated/α-hetero) is 1. The number of nitrogens with one attached hydrogen (secondary N) is 1. The van der Waals surface area contributed by atoms with E-state index in [1.54, 1.807) is 6.92 Å². The molecule has 0 amide bonds. The van der Waals surface area contributed by atoms with E-state index < -0.39 is 23.6 Å². The van der Waals surface area contributed by atoms with E-state index in [1.165, 1.54) is 12.1 Å². The largest absolute Gasteiger partial charge is 0.481 e. The van der Waals surface area contributed by atoms with Crippen molar-refractivity contribution in [2.75, 3.05) is 6.54 Å². The Morgan fingerprint density at radius 1 is 1.50 bits per heavy atom. The van der Waals surface area contributed by atoms with Crippen LogP contribution in [0.5, 0.6) is 0 Å².